The summed E-state index contributed by atoms with van der Waals surface area (Å²) in [7, 11) is 3.03. The van der Waals surface area contributed by atoms with Crippen LogP contribution in [0.1, 0.15) is 10.4 Å². The molecule has 0 aliphatic rings. The number of benzene rings is 1. The molecule has 3 aromatic rings. The summed E-state index contributed by atoms with van der Waals surface area (Å²) < 4.78 is 10.3. The van der Waals surface area contributed by atoms with Gasteiger partial charge in [0, 0.05) is 0 Å². The van der Waals surface area contributed by atoms with Gasteiger partial charge in [0.25, 0.3) is 5.91 Å². The molecule has 8 heteroatoms. The van der Waals surface area contributed by atoms with E-state index in [1.54, 1.807) is 18.2 Å². The number of imidazole rings is 1. The zero-order chi connectivity index (χ0) is 15.5. The molecule has 1 amide bonds. The number of nitrogens with one attached hydrogen (secondary N) is 2. The molecule has 2 N–H and O–H groups in total. The molecule has 112 valence electrons. The predicted octanol–water partition coefficient (Wildman–Crippen LogP) is 1.62. The van der Waals surface area contributed by atoms with Gasteiger partial charge in [0.05, 0.1) is 26.1 Å². The first kappa shape index (κ1) is 13.8. The number of carbonyl (C=O) groups excluding carboxylic acids is 1. The van der Waals surface area contributed by atoms with Crippen LogP contribution in [-0.2, 0) is 0 Å². The molecule has 0 spiro atoms. The molecule has 3 rings (SSSR count). The molecule has 0 aliphatic heterocycles. The van der Waals surface area contributed by atoms with Crippen LogP contribution in [0.15, 0.2) is 30.9 Å². The van der Waals surface area contributed by atoms with E-state index in [2.05, 4.69) is 25.3 Å². The van der Waals surface area contributed by atoms with Crippen LogP contribution in [0.4, 0.5) is 5.82 Å². The number of carbonyl (C=O) groups is 1. The maximum atomic E-state index is 12.5. The fourth-order valence-electron chi connectivity index (χ4n) is 2.03. The number of aromatic nitrogens is 4. The Hall–Kier alpha value is -3.16. The van der Waals surface area contributed by atoms with Crippen molar-refractivity contribution < 1.29 is 14.3 Å². The molecule has 0 radical (unpaired) electrons. The van der Waals surface area contributed by atoms with Gasteiger partial charge in [0.2, 0.25) is 0 Å². The number of methoxy groups -OCH3 is 2. The zero-order valence-corrected chi connectivity index (χ0v) is 12.0. The molecule has 0 saturated carbocycles. The Bertz CT molecular complexity index is 830. The van der Waals surface area contributed by atoms with E-state index in [0.29, 0.717) is 34.0 Å². The first-order valence-corrected chi connectivity index (χ1v) is 6.40. The third kappa shape index (κ3) is 2.41. The standard InChI is InChI=1S/C14H13N5O3/c1-21-8-3-4-10(22-2)9(5-8)14(20)19-13-11-12(16-6-15-11)17-7-18-13/h3-7H,1-2H3,(H2,15,16,17,18,19,20). The van der Waals surface area contributed by atoms with E-state index in [4.69, 9.17) is 9.47 Å². The summed E-state index contributed by atoms with van der Waals surface area (Å²) in [5, 5.41) is 2.72. The predicted molar refractivity (Wildman–Crippen MR) is 79.2 cm³/mol. The fraction of sp³-hybridized carbons (Fsp3) is 0.143. The second kappa shape index (κ2) is 5.68. The minimum absolute atomic E-state index is 0.341. The molecule has 2 heterocycles. The van der Waals surface area contributed by atoms with Crippen molar-refractivity contribution in [3.05, 3.63) is 36.4 Å². The van der Waals surface area contributed by atoms with Gasteiger partial charge >= 0.3 is 0 Å². The third-order valence-electron chi connectivity index (χ3n) is 3.11. The lowest BCUT2D eigenvalue weighted by Gasteiger charge is -2.10. The third-order valence-corrected chi connectivity index (χ3v) is 3.11. The molecule has 0 atom stereocenters. The van der Waals surface area contributed by atoms with Crippen molar-refractivity contribution in [3.8, 4) is 11.5 Å². The van der Waals surface area contributed by atoms with Crippen LogP contribution in [0.2, 0.25) is 0 Å². The maximum Gasteiger partial charge on any atom is 0.260 e. The van der Waals surface area contributed by atoms with Crippen LogP contribution in [0.3, 0.4) is 0 Å². The molecule has 22 heavy (non-hydrogen) atoms. The van der Waals surface area contributed by atoms with E-state index < -0.39 is 0 Å². The van der Waals surface area contributed by atoms with E-state index in [1.165, 1.54) is 26.9 Å². The van der Waals surface area contributed by atoms with E-state index >= 15 is 0 Å². The normalized spacial score (nSPS) is 10.5. The lowest BCUT2D eigenvalue weighted by Crippen LogP contribution is -2.14. The topological polar surface area (TPSA) is 102 Å². The molecule has 0 aliphatic carbocycles. The average Bonchev–Trinajstić information content (AvgIpc) is 3.03. The van der Waals surface area contributed by atoms with Crippen LogP contribution < -0.4 is 14.8 Å². The summed E-state index contributed by atoms with van der Waals surface area (Å²) >= 11 is 0. The highest BCUT2D eigenvalue weighted by atomic mass is 16.5. The van der Waals surface area contributed by atoms with Crippen LogP contribution >= 0.6 is 0 Å². The van der Waals surface area contributed by atoms with E-state index in [-0.39, 0.29) is 5.91 Å². The van der Waals surface area contributed by atoms with Gasteiger partial charge in [-0.15, -0.1) is 0 Å². The van der Waals surface area contributed by atoms with E-state index in [1.807, 2.05) is 0 Å². The minimum atomic E-state index is -0.370. The van der Waals surface area contributed by atoms with Crippen LogP contribution in [0, 0.1) is 0 Å². The Morgan fingerprint density at radius 2 is 2.05 bits per heavy atom. The van der Waals surface area contributed by atoms with E-state index in [0.717, 1.165) is 0 Å². The highest BCUT2D eigenvalue weighted by Crippen LogP contribution is 2.25. The summed E-state index contributed by atoms with van der Waals surface area (Å²) in [6.45, 7) is 0. The number of nitrogens with zero attached hydrogens (tertiary/aromatic N) is 3. The fourth-order valence-corrected chi connectivity index (χ4v) is 2.03. The number of aromatic amines is 1. The molecular weight excluding hydrogens is 286 g/mol. The zero-order valence-electron chi connectivity index (χ0n) is 12.0. The van der Waals surface area contributed by atoms with Gasteiger partial charge in [-0.25, -0.2) is 15.0 Å². The van der Waals surface area contributed by atoms with E-state index in [9.17, 15) is 4.79 Å². The molecule has 0 saturated heterocycles. The number of amides is 1. The molecule has 0 bridgehead atoms. The van der Waals surface area contributed by atoms with Gasteiger partial charge in [-0.3, -0.25) is 4.79 Å². The second-order valence-corrected chi connectivity index (χ2v) is 4.34. The Kier molecular flexibility index (Phi) is 3.57. The largest absolute Gasteiger partial charge is 0.497 e. The summed E-state index contributed by atoms with van der Waals surface area (Å²) in [5.74, 6) is 0.969. The monoisotopic (exact) mass is 299 g/mol. The quantitative estimate of drug-likeness (QED) is 0.759. The first-order chi connectivity index (χ1) is 10.7. The minimum Gasteiger partial charge on any atom is -0.497 e. The van der Waals surface area contributed by atoms with Crippen molar-refractivity contribution in [2.45, 2.75) is 0 Å². The lowest BCUT2D eigenvalue weighted by atomic mass is 10.1. The molecule has 2 aromatic heterocycles. The second-order valence-electron chi connectivity index (χ2n) is 4.34. The van der Waals surface area contributed by atoms with Gasteiger partial charge in [0.15, 0.2) is 11.5 Å². The smallest absolute Gasteiger partial charge is 0.260 e. The number of H-pyrrole nitrogens is 1. The number of anilines is 1. The average molecular weight is 299 g/mol. The summed E-state index contributed by atoms with van der Waals surface area (Å²) in [6.07, 6.45) is 2.82. The molecule has 8 nitrogen and oxygen atoms in total. The molecule has 0 unspecified atom stereocenters. The maximum absolute atomic E-state index is 12.5. The number of rotatable bonds is 4. The van der Waals surface area contributed by atoms with Crippen LogP contribution in [-0.4, -0.2) is 40.1 Å². The Balaban J connectivity index is 1.96. The lowest BCUT2D eigenvalue weighted by molar-refractivity contribution is 0.102. The summed E-state index contributed by atoms with van der Waals surface area (Å²) in [5.41, 5.74) is 1.37. The summed E-state index contributed by atoms with van der Waals surface area (Å²) in [6, 6.07) is 4.98. The SMILES string of the molecule is COc1ccc(OC)c(C(=O)Nc2ncnc3nc[nH]c23)c1. The van der Waals surface area contributed by atoms with Gasteiger partial charge in [0.1, 0.15) is 23.3 Å². The Morgan fingerprint density at radius 1 is 1.18 bits per heavy atom. The van der Waals surface area contributed by atoms with Crippen LogP contribution in [0.25, 0.3) is 11.2 Å². The number of fused-ring (bicyclic) bond motifs is 1. The van der Waals surface area contributed by atoms with Crippen molar-refractivity contribution in [1.29, 1.82) is 0 Å². The number of hydrogen-bond acceptors (Lipinski definition) is 6. The van der Waals surface area contributed by atoms with Crippen LogP contribution in [0.5, 0.6) is 11.5 Å². The van der Waals surface area contributed by atoms with Crippen molar-refractivity contribution in [2.24, 2.45) is 0 Å². The van der Waals surface area contributed by atoms with Crippen molar-refractivity contribution in [1.82, 2.24) is 19.9 Å². The van der Waals surface area contributed by atoms with Gasteiger partial charge in [-0.2, -0.15) is 0 Å². The molecule has 0 fully saturated rings. The first-order valence-electron chi connectivity index (χ1n) is 6.40. The van der Waals surface area contributed by atoms with Gasteiger partial charge in [-0.05, 0) is 18.2 Å². The Labute approximate surface area is 125 Å². The van der Waals surface area contributed by atoms with Crippen molar-refractivity contribution in [3.63, 3.8) is 0 Å². The van der Waals surface area contributed by atoms with Crippen molar-refractivity contribution in [2.75, 3.05) is 19.5 Å². The number of ether oxygens (including phenoxy) is 2. The van der Waals surface area contributed by atoms with Crippen molar-refractivity contribution >= 4 is 22.9 Å². The molecule has 1 aromatic carbocycles. The van der Waals surface area contributed by atoms with Gasteiger partial charge in [-0.1, -0.05) is 0 Å². The number of hydrogen-bond donors (Lipinski definition) is 2. The highest BCUT2D eigenvalue weighted by molar-refractivity contribution is 6.08. The van der Waals surface area contributed by atoms with Gasteiger partial charge < -0.3 is 19.8 Å². The Morgan fingerprint density at radius 3 is 2.82 bits per heavy atom. The highest BCUT2D eigenvalue weighted by Gasteiger charge is 2.16. The summed E-state index contributed by atoms with van der Waals surface area (Å²) in [4.78, 5) is 27.4. The molecular formula is C14H13N5O3.